The zero-order valence-corrected chi connectivity index (χ0v) is 18.5. The van der Waals surface area contributed by atoms with Gasteiger partial charge in [-0.2, -0.15) is 0 Å². The minimum Gasteiger partial charge on any atom is -0.384 e. The number of hydrogen-bond acceptors (Lipinski definition) is 4. The molecule has 0 aliphatic rings. The fraction of sp³-hybridized carbons (Fsp3) is 0.320. The second-order valence-electron chi connectivity index (χ2n) is 8.16. The molecule has 4 rings (SSSR count). The van der Waals surface area contributed by atoms with E-state index in [1.165, 1.54) is 5.56 Å². The van der Waals surface area contributed by atoms with Gasteiger partial charge in [0.1, 0.15) is 16.9 Å². The van der Waals surface area contributed by atoms with Gasteiger partial charge in [-0.1, -0.05) is 45.0 Å². The number of carbonyl (C=O) groups excluding carboxylic acids is 1. The summed E-state index contributed by atoms with van der Waals surface area (Å²) >= 11 is 0. The van der Waals surface area contributed by atoms with Gasteiger partial charge in [0.05, 0.1) is 11.0 Å². The summed E-state index contributed by atoms with van der Waals surface area (Å²) < 4.78 is 1.83. The first-order valence-electron chi connectivity index (χ1n) is 10.9. The van der Waals surface area contributed by atoms with Crippen LogP contribution >= 0.6 is 0 Å². The maximum absolute atomic E-state index is 13.1. The Morgan fingerprint density at radius 3 is 2.26 bits per heavy atom. The largest absolute Gasteiger partial charge is 0.384 e. The van der Waals surface area contributed by atoms with Crippen molar-refractivity contribution in [1.29, 1.82) is 0 Å². The van der Waals surface area contributed by atoms with Crippen LogP contribution < -0.4 is 11.1 Å². The number of hydrogen-bond donors (Lipinski definition) is 2. The Bertz CT molecular complexity index is 1240. The zero-order valence-electron chi connectivity index (χ0n) is 18.5. The molecule has 0 unspecified atom stereocenters. The van der Waals surface area contributed by atoms with Gasteiger partial charge >= 0.3 is 0 Å². The van der Waals surface area contributed by atoms with Crippen molar-refractivity contribution >= 4 is 33.9 Å². The molecule has 0 saturated carbocycles. The Hall–Kier alpha value is -3.41. The number of amides is 1. The number of fused-ring (bicyclic) bond motifs is 2. The van der Waals surface area contributed by atoms with Gasteiger partial charge in [-0.25, -0.2) is 9.97 Å². The number of para-hydroxylation sites is 2. The smallest absolute Gasteiger partial charge is 0.257 e. The molecule has 2 aromatic carbocycles. The summed E-state index contributed by atoms with van der Waals surface area (Å²) in [5.74, 6) is 0.604. The molecule has 160 valence electrons. The monoisotopic (exact) mass is 415 g/mol. The van der Waals surface area contributed by atoms with E-state index in [2.05, 4.69) is 31.3 Å². The van der Waals surface area contributed by atoms with Gasteiger partial charge in [-0.15, -0.1) is 0 Å². The van der Waals surface area contributed by atoms with Crippen molar-refractivity contribution in [2.24, 2.45) is 0 Å². The van der Waals surface area contributed by atoms with Gasteiger partial charge in [0.2, 0.25) is 0 Å². The minimum atomic E-state index is -0.226. The number of aromatic nitrogens is 3. The molecule has 0 saturated heterocycles. The molecule has 2 aromatic heterocycles. The Labute approximate surface area is 182 Å². The van der Waals surface area contributed by atoms with Gasteiger partial charge in [0.25, 0.3) is 5.91 Å². The lowest BCUT2D eigenvalue weighted by atomic mass is 9.99. The number of nitrogens with one attached hydrogen (secondary N) is 1. The molecule has 0 bridgehead atoms. The van der Waals surface area contributed by atoms with Crippen LogP contribution in [-0.2, 0) is 0 Å². The lowest BCUT2D eigenvalue weighted by molar-refractivity contribution is 0.0941. The Kier molecular flexibility index (Phi) is 5.63. The van der Waals surface area contributed by atoms with E-state index in [4.69, 9.17) is 15.7 Å². The normalized spacial score (nSPS) is 13.4. The predicted octanol–water partition coefficient (Wildman–Crippen LogP) is 5.20. The molecule has 0 spiro atoms. The molecule has 1 amide bonds. The van der Waals surface area contributed by atoms with Crippen LogP contribution in [0.15, 0.2) is 48.5 Å². The standard InChI is InChI=1S/C25H29N5O/c1-5-15(3)17-11-13-18(14-12-17)30-23(26)21(25(31)27-16(4)6-2)22-24(30)29-20-10-8-7-9-19(20)28-22/h7-16H,5-6,26H2,1-4H3,(H,27,31)/t15-,16-/m0/s1. The van der Waals surface area contributed by atoms with Gasteiger partial charge in [0.15, 0.2) is 5.65 Å². The SMILES string of the molecule is CC[C@H](C)NC(=O)c1c(N)n(-c2ccc([C@@H](C)CC)cc2)c2nc3ccccc3nc12. The van der Waals surface area contributed by atoms with E-state index in [1.54, 1.807) is 0 Å². The van der Waals surface area contributed by atoms with Crippen LogP contribution in [0.4, 0.5) is 5.82 Å². The van der Waals surface area contributed by atoms with Crippen LogP contribution in [-0.4, -0.2) is 26.5 Å². The van der Waals surface area contributed by atoms with Crippen molar-refractivity contribution in [2.75, 3.05) is 5.73 Å². The number of anilines is 1. The summed E-state index contributed by atoms with van der Waals surface area (Å²) in [6.45, 7) is 8.40. The quantitative estimate of drug-likeness (QED) is 0.453. The van der Waals surface area contributed by atoms with E-state index in [9.17, 15) is 4.79 Å². The number of rotatable bonds is 6. The number of nitrogens with two attached hydrogens (primary N) is 1. The maximum atomic E-state index is 13.1. The fourth-order valence-corrected chi connectivity index (χ4v) is 3.73. The molecule has 0 aliphatic heterocycles. The highest BCUT2D eigenvalue weighted by molar-refractivity contribution is 6.11. The lowest BCUT2D eigenvalue weighted by Gasteiger charge is -2.13. The van der Waals surface area contributed by atoms with Crippen molar-refractivity contribution in [1.82, 2.24) is 19.9 Å². The third kappa shape index (κ3) is 3.74. The molecule has 0 fully saturated rings. The van der Waals surface area contributed by atoms with E-state index in [0.29, 0.717) is 28.5 Å². The van der Waals surface area contributed by atoms with Crippen LogP contribution in [0, 0.1) is 0 Å². The first-order valence-corrected chi connectivity index (χ1v) is 10.9. The molecule has 6 nitrogen and oxygen atoms in total. The van der Waals surface area contributed by atoms with Crippen LogP contribution in [0.3, 0.4) is 0 Å². The lowest BCUT2D eigenvalue weighted by Crippen LogP contribution is -2.32. The van der Waals surface area contributed by atoms with Crippen LogP contribution in [0.25, 0.3) is 27.9 Å². The summed E-state index contributed by atoms with van der Waals surface area (Å²) in [5, 5.41) is 3.02. The van der Waals surface area contributed by atoms with Crippen LogP contribution in [0.5, 0.6) is 0 Å². The third-order valence-corrected chi connectivity index (χ3v) is 6.05. The van der Waals surface area contributed by atoms with Crippen molar-refractivity contribution < 1.29 is 4.79 Å². The van der Waals surface area contributed by atoms with Gasteiger partial charge in [0, 0.05) is 11.7 Å². The Balaban J connectivity index is 1.95. The highest BCUT2D eigenvalue weighted by Crippen LogP contribution is 2.31. The molecule has 0 aliphatic carbocycles. The molecular weight excluding hydrogens is 386 g/mol. The molecule has 6 heteroatoms. The summed E-state index contributed by atoms with van der Waals surface area (Å²) in [5.41, 5.74) is 11.7. The van der Waals surface area contributed by atoms with E-state index in [0.717, 1.165) is 29.6 Å². The van der Waals surface area contributed by atoms with Crippen LogP contribution in [0.2, 0.25) is 0 Å². The maximum Gasteiger partial charge on any atom is 0.257 e. The summed E-state index contributed by atoms with van der Waals surface area (Å²) in [6, 6.07) is 16.0. The van der Waals surface area contributed by atoms with Crippen molar-refractivity contribution in [3.05, 3.63) is 59.7 Å². The summed E-state index contributed by atoms with van der Waals surface area (Å²) in [6.07, 6.45) is 1.90. The van der Waals surface area contributed by atoms with Crippen molar-refractivity contribution in [3.63, 3.8) is 0 Å². The second-order valence-corrected chi connectivity index (χ2v) is 8.16. The fourth-order valence-electron chi connectivity index (χ4n) is 3.73. The van der Waals surface area contributed by atoms with Gasteiger partial charge in [-0.05, 0) is 55.5 Å². The molecule has 2 heterocycles. The van der Waals surface area contributed by atoms with Crippen molar-refractivity contribution in [3.8, 4) is 5.69 Å². The van der Waals surface area contributed by atoms with E-state index < -0.39 is 0 Å². The number of benzene rings is 2. The first-order chi connectivity index (χ1) is 14.9. The van der Waals surface area contributed by atoms with E-state index in [1.807, 2.05) is 54.8 Å². The van der Waals surface area contributed by atoms with Gasteiger partial charge in [-0.3, -0.25) is 9.36 Å². The van der Waals surface area contributed by atoms with E-state index >= 15 is 0 Å². The molecule has 4 aromatic rings. The first kappa shape index (κ1) is 20.8. The Morgan fingerprint density at radius 2 is 1.65 bits per heavy atom. The molecule has 2 atom stereocenters. The average molecular weight is 416 g/mol. The average Bonchev–Trinajstić information content (AvgIpc) is 3.07. The number of nitrogens with zero attached hydrogens (tertiary/aromatic N) is 3. The second kappa shape index (κ2) is 8.38. The molecule has 31 heavy (non-hydrogen) atoms. The summed E-state index contributed by atoms with van der Waals surface area (Å²) in [7, 11) is 0. The van der Waals surface area contributed by atoms with E-state index in [-0.39, 0.29) is 11.9 Å². The Morgan fingerprint density at radius 1 is 1.00 bits per heavy atom. The zero-order chi connectivity index (χ0) is 22.1. The number of nitrogen functional groups attached to an aromatic ring is 1. The van der Waals surface area contributed by atoms with Crippen molar-refractivity contribution in [2.45, 2.75) is 52.5 Å². The predicted molar refractivity (Wildman–Crippen MR) is 127 cm³/mol. The third-order valence-electron chi connectivity index (χ3n) is 6.05. The highest BCUT2D eigenvalue weighted by Gasteiger charge is 2.25. The number of carbonyl (C=O) groups is 1. The minimum absolute atomic E-state index is 0.0357. The van der Waals surface area contributed by atoms with Crippen LogP contribution in [0.1, 0.15) is 62.4 Å². The molecule has 3 N–H and O–H groups in total. The summed E-state index contributed by atoms with van der Waals surface area (Å²) in [4.78, 5) is 22.7. The molecular formula is C25H29N5O. The highest BCUT2D eigenvalue weighted by atomic mass is 16.1. The molecule has 0 radical (unpaired) electrons. The topological polar surface area (TPSA) is 85.8 Å². The van der Waals surface area contributed by atoms with Gasteiger partial charge < -0.3 is 11.1 Å².